The molecule has 2 aromatic heterocycles. The molecule has 0 aliphatic heterocycles. The average Bonchev–Trinajstić information content (AvgIpc) is 3.34. The molecule has 1 atom stereocenters. The largest absolute Gasteiger partial charge is 0.497 e. The maximum absolute atomic E-state index is 12.7. The Morgan fingerprint density at radius 1 is 1.45 bits per heavy atom. The van der Waals surface area contributed by atoms with E-state index in [0.717, 1.165) is 34.1 Å². The Bertz CT molecular complexity index is 1100. The molecule has 33 heavy (non-hydrogen) atoms. The summed E-state index contributed by atoms with van der Waals surface area (Å²) in [5.41, 5.74) is 2.41. The van der Waals surface area contributed by atoms with E-state index in [1.165, 1.54) is 37.0 Å². The van der Waals surface area contributed by atoms with Gasteiger partial charge in [0.15, 0.2) is 5.65 Å². The molecule has 1 amide bonds. The number of rotatable bonds is 8. The third-order valence-corrected chi connectivity index (χ3v) is 7.55. The van der Waals surface area contributed by atoms with Crippen LogP contribution in [0.25, 0.3) is 10.3 Å². The van der Waals surface area contributed by atoms with Crippen LogP contribution in [-0.4, -0.2) is 33.9 Å². The van der Waals surface area contributed by atoms with Gasteiger partial charge in [-0.1, -0.05) is 51.7 Å². The van der Waals surface area contributed by atoms with Gasteiger partial charge in [0.2, 0.25) is 0 Å². The predicted molar refractivity (Wildman–Crippen MR) is 133 cm³/mol. The van der Waals surface area contributed by atoms with Crippen LogP contribution in [0.3, 0.4) is 0 Å². The van der Waals surface area contributed by atoms with Crippen molar-refractivity contribution < 1.29 is 14.6 Å². The predicted octanol–water partition coefficient (Wildman–Crippen LogP) is 4.90. The molecule has 1 aliphatic rings. The smallest absolute Gasteiger partial charge is 0.268 e. The van der Waals surface area contributed by atoms with Crippen molar-refractivity contribution in [1.82, 2.24) is 14.9 Å². The van der Waals surface area contributed by atoms with Crippen molar-refractivity contribution >= 4 is 33.8 Å². The molecule has 0 saturated heterocycles. The number of aromatic nitrogens is 2. The minimum Gasteiger partial charge on any atom is -0.497 e. The number of nitrogens with one attached hydrogen (secondary N) is 2. The summed E-state index contributed by atoms with van der Waals surface area (Å²) < 4.78 is 7.57. The second-order valence-electron chi connectivity index (χ2n) is 8.49. The van der Waals surface area contributed by atoms with Crippen molar-refractivity contribution in [2.75, 3.05) is 7.11 Å². The van der Waals surface area contributed by atoms with E-state index in [2.05, 4.69) is 24.1 Å². The Hall–Kier alpha value is -2.71. The molecule has 0 spiro atoms. The summed E-state index contributed by atoms with van der Waals surface area (Å²) >= 11 is 1.29. The van der Waals surface area contributed by atoms with Gasteiger partial charge in [-0.3, -0.25) is 4.79 Å². The summed E-state index contributed by atoms with van der Waals surface area (Å²) in [6.45, 7) is 4.86. The van der Waals surface area contributed by atoms with Crippen LogP contribution in [0, 0.1) is 17.2 Å². The van der Waals surface area contributed by atoms with Crippen LogP contribution in [0.1, 0.15) is 66.2 Å². The van der Waals surface area contributed by atoms with Gasteiger partial charge in [0, 0.05) is 25.4 Å². The Balaban J connectivity index is 0.000000323. The van der Waals surface area contributed by atoms with Crippen molar-refractivity contribution in [3.8, 4) is 5.75 Å². The summed E-state index contributed by atoms with van der Waals surface area (Å²) in [5.74, 6) is 2.55. The van der Waals surface area contributed by atoms with Crippen LogP contribution < -0.4 is 10.1 Å². The molecule has 3 N–H and O–H groups in total. The number of hydrogen-bond donors (Lipinski definition) is 3. The van der Waals surface area contributed by atoms with Gasteiger partial charge in [-0.25, -0.2) is 4.98 Å². The van der Waals surface area contributed by atoms with Gasteiger partial charge in [-0.2, -0.15) is 0 Å². The van der Waals surface area contributed by atoms with Crippen LogP contribution in [0.2, 0.25) is 0 Å². The van der Waals surface area contributed by atoms with Gasteiger partial charge in [0.1, 0.15) is 16.5 Å². The van der Waals surface area contributed by atoms with E-state index in [0.29, 0.717) is 28.5 Å². The average molecular weight is 471 g/mol. The lowest BCUT2D eigenvalue weighted by atomic mass is 9.76. The molecule has 1 unspecified atom stereocenters. The lowest BCUT2D eigenvalue weighted by molar-refractivity contribution is 0.0943. The highest BCUT2D eigenvalue weighted by molar-refractivity contribution is 7.19. The molecule has 1 aliphatic carbocycles. The fraction of sp³-hybridized carbons (Fsp3) is 0.480. The zero-order chi connectivity index (χ0) is 24.0. The topological polar surface area (TPSA) is 100 Å². The number of aliphatic hydroxyl groups is 1. The Labute approximate surface area is 199 Å². The number of methoxy groups -OCH3 is 1. The van der Waals surface area contributed by atoms with Crippen molar-refractivity contribution in [3.63, 3.8) is 0 Å². The van der Waals surface area contributed by atoms with Crippen molar-refractivity contribution in [2.45, 2.75) is 52.7 Å². The molecular formula is C25H34N4O3S. The number of thiazole rings is 1. The number of carbonyl (C=O) groups is 1. The van der Waals surface area contributed by atoms with Crippen molar-refractivity contribution in [3.05, 3.63) is 46.1 Å². The number of aliphatic hydroxyl groups excluding tert-OH is 1. The quantitative estimate of drug-likeness (QED) is 0.408. The number of nitrogens with zero attached hydrogens (tertiary/aromatic N) is 2. The first-order valence-corrected chi connectivity index (χ1v) is 12.3. The Morgan fingerprint density at radius 2 is 2.21 bits per heavy atom. The molecule has 8 heteroatoms. The molecule has 3 aromatic rings. The molecule has 1 saturated carbocycles. The van der Waals surface area contributed by atoms with E-state index in [1.807, 2.05) is 24.3 Å². The third-order valence-electron chi connectivity index (χ3n) is 6.49. The first-order chi connectivity index (χ1) is 15.9. The van der Waals surface area contributed by atoms with E-state index >= 15 is 0 Å². The van der Waals surface area contributed by atoms with Gasteiger partial charge in [-0.15, -0.1) is 11.3 Å². The minimum atomic E-state index is -0.278. The summed E-state index contributed by atoms with van der Waals surface area (Å²) in [7, 11) is 3.33. The fourth-order valence-electron chi connectivity index (χ4n) is 4.02. The van der Waals surface area contributed by atoms with E-state index in [-0.39, 0.29) is 12.5 Å². The van der Waals surface area contributed by atoms with E-state index < -0.39 is 0 Å². The molecule has 0 bridgehead atoms. The number of carbonyl (C=O) groups excluding carboxylic acids is 1. The van der Waals surface area contributed by atoms with E-state index in [1.54, 1.807) is 18.7 Å². The number of benzene rings is 1. The van der Waals surface area contributed by atoms with Crippen LogP contribution >= 0.6 is 11.3 Å². The zero-order valence-corrected chi connectivity index (χ0v) is 20.7. The summed E-state index contributed by atoms with van der Waals surface area (Å²) in [4.78, 5) is 17.0. The van der Waals surface area contributed by atoms with Crippen LogP contribution in [-0.2, 0) is 20.2 Å². The van der Waals surface area contributed by atoms with Gasteiger partial charge < -0.3 is 25.1 Å². The highest BCUT2D eigenvalue weighted by Crippen LogP contribution is 2.34. The van der Waals surface area contributed by atoms with Crippen LogP contribution in [0.4, 0.5) is 0 Å². The fourth-order valence-corrected chi connectivity index (χ4v) is 4.99. The highest BCUT2D eigenvalue weighted by atomic mass is 32.1. The number of amides is 1. The van der Waals surface area contributed by atoms with Gasteiger partial charge in [-0.05, 0) is 29.5 Å². The lowest BCUT2D eigenvalue weighted by Crippen LogP contribution is -2.26. The van der Waals surface area contributed by atoms with E-state index in [9.17, 15) is 9.90 Å². The number of fused-ring (bicyclic) bond motifs is 1. The Morgan fingerprint density at radius 3 is 2.76 bits per heavy atom. The molecule has 0 radical (unpaired) electrons. The van der Waals surface area contributed by atoms with Gasteiger partial charge in [0.05, 0.1) is 18.4 Å². The molecule has 1 fully saturated rings. The number of aryl methyl sites for hydroxylation is 1. The third kappa shape index (κ3) is 5.62. The van der Waals surface area contributed by atoms with Gasteiger partial charge in [0.25, 0.3) is 5.91 Å². The summed E-state index contributed by atoms with van der Waals surface area (Å²) in [5, 5.41) is 20.3. The second-order valence-corrected chi connectivity index (χ2v) is 9.58. The maximum Gasteiger partial charge on any atom is 0.268 e. The molecule has 7 nitrogen and oxygen atoms in total. The minimum absolute atomic E-state index is 0.159. The normalized spacial score (nSPS) is 14.2. The standard InChI is InChI=1S/C17H18N4O3S.C8H16/c1-21-14(12(7-18)15-16(21)20-13(9-22)25-15)17(23)19-8-10-4-3-5-11(6-10)24-2;1-3-7(2)8-5-4-6-8/h3-7,18,22H,8-9H2,1-2H3,(H,19,23);7-8H,3-6H2,1-2H3. The second kappa shape index (κ2) is 11.4. The monoisotopic (exact) mass is 470 g/mol. The first kappa shape index (κ1) is 24.9. The molecule has 2 heterocycles. The van der Waals surface area contributed by atoms with Crippen LogP contribution in [0.5, 0.6) is 5.75 Å². The lowest BCUT2D eigenvalue weighted by Gasteiger charge is -2.30. The number of hydrogen-bond acceptors (Lipinski definition) is 6. The maximum atomic E-state index is 12.7. The van der Waals surface area contributed by atoms with Crippen molar-refractivity contribution in [1.29, 1.82) is 5.41 Å². The van der Waals surface area contributed by atoms with Crippen LogP contribution in [0.15, 0.2) is 24.3 Å². The SMILES string of the molecule is CCC(C)C1CCC1.COc1cccc(CNC(=O)c2c(C=N)c3sc(CO)nc3n2C)c1. The summed E-state index contributed by atoms with van der Waals surface area (Å²) in [6, 6.07) is 7.46. The zero-order valence-electron chi connectivity index (χ0n) is 19.9. The molecule has 178 valence electrons. The Kier molecular flexibility index (Phi) is 8.63. The van der Waals surface area contributed by atoms with E-state index in [4.69, 9.17) is 10.1 Å². The molecule has 4 rings (SSSR count). The molecular weight excluding hydrogens is 436 g/mol. The highest BCUT2D eigenvalue weighted by Gasteiger charge is 2.23. The first-order valence-electron chi connectivity index (χ1n) is 11.4. The van der Waals surface area contributed by atoms with Crippen molar-refractivity contribution in [2.24, 2.45) is 18.9 Å². The van der Waals surface area contributed by atoms with Gasteiger partial charge >= 0.3 is 0 Å². The molecule has 1 aromatic carbocycles. The summed E-state index contributed by atoms with van der Waals surface area (Å²) in [6.07, 6.45) is 7.05. The number of ether oxygens (including phenoxy) is 1.